The molecule has 5 rings (SSSR count). The SMILES string of the molecule is CCCc1onc(C)c1C(=O)N1CC[C@]2(C1)c1cccn1-c1ncccc1N2CC(=O)NC(C)C. The highest BCUT2D eigenvalue weighted by atomic mass is 16.5. The van der Waals surface area contributed by atoms with Gasteiger partial charge in [0.2, 0.25) is 5.91 Å². The lowest BCUT2D eigenvalue weighted by atomic mass is 9.88. The number of aromatic nitrogens is 3. The highest BCUT2D eigenvalue weighted by Crippen LogP contribution is 2.47. The summed E-state index contributed by atoms with van der Waals surface area (Å²) in [4.78, 5) is 35.4. The molecule has 0 bridgehead atoms. The first kappa shape index (κ1) is 23.1. The van der Waals surface area contributed by atoms with E-state index in [0.717, 1.165) is 23.6 Å². The van der Waals surface area contributed by atoms with E-state index in [1.54, 1.807) is 6.20 Å². The number of pyridine rings is 1. The van der Waals surface area contributed by atoms with E-state index >= 15 is 0 Å². The molecule has 1 fully saturated rings. The highest BCUT2D eigenvalue weighted by Gasteiger charge is 2.51. The van der Waals surface area contributed by atoms with Gasteiger partial charge in [-0.1, -0.05) is 12.1 Å². The molecule has 5 heterocycles. The molecular weight excluding hydrogens is 444 g/mol. The van der Waals surface area contributed by atoms with E-state index in [4.69, 9.17) is 4.52 Å². The number of aryl methyl sites for hydroxylation is 2. The zero-order valence-electron chi connectivity index (χ0n) is 20.7. The lowest BCUT2D eigenvalue weighted by Gasteiger charge is -2.46. The number of hydrogen-bond acceptors (Lipinski definition) is 6. The van der Waals surface area contributed by atoms with Crippen molar-refractivity contribution in [3.63, 3.8) is 0 Å². The summed E-state index contributed by atoms with van der Waals surface area (Å²) in [6.07, 6.45) is 6.00. The number of fused-ring (bicyclic) bond motifs is 4. The van der Waals surface area contributed by atoms with Crippen LogP contribution in [0.4, 0.5) is 5.69 Å². The molecule has 184 valence electrons. The Hall–Kier alpha value is -3.62. The Balaban J connectivity index is 1.55. The van der Waals surface area contributed by atoms with Crippen molar-refractivity contribution in [1.29, 1.82) is 0 Å². The molecule has 2 aliphatic heterocycles. The summed E-state index contributed by atoms with van der Waals surface area (Å²) in [7, 11) is 0. The zero-order valence-corrected chi connectivity index (χ0v) is 20.7. The van der Waals surface area contributed by atoms with Crippen LogP contribution in [0.3, 0.4) is 0 Å². The van der Waals surface area contributed by atoms with Crippen molar-refractivity contribution in [2.24, 2.45) is 0 Å². The normalized spacial score (nSPS) is 18.8. The van der Waals surface area contributed by atoms with Gasteiger partial charge in [-0.3, -0.25) is 9.59 Å². The molecule has 0 aromatic carbocycles. The molecule has 1 N–H and O–H groups in total. The van der Waals surface area contributed by atoms with Gasteiger partial charge in [-0.2, -0.15) is 0 Å². The third-order valence-corrected chi connectivity index (χ3v) is 6.94. The minimum Gasteiger partial charge on any atom is -0.360 e. The van der Waals surface area contributed by atoms with Crippen LogP contribution in [0.25, 0.3) is 5.82 Å². The lowest BCUT2D eigenvalue weighted by molar-refractivity contribution is -0.120. The predicted octanol–water partition coefficient (Wildman–Crippen LogP) is 3.21. The quantitative estimate of drug-likeness (QED) is 0.587. The number of amides is 2. The molecule has 35 heavy (non-hydrogen) atoms. The highest BCUT2D eigenvalue weighted by molar-refractivity contribution is 5.96. The molecule has 9 nitrogen and oxygen atoms in total. The van der Waals surface area contributed by atoms with E-state index in [1.807, 2.05) is 50.1 Å². The predicted molar refractivity (Wildman–Crippen MR) is 132 cm³/mol. The second kappa shape index (κ2) is 8.87. The molecule has 2 aliphatic rings. The fourth-order valence-corrected chi connectivity index (χ4v) is 5.49. The summed E-state index contributed by atoms with van der Waals surface area (Å²) in [5.74, 6) is 1.32. The third kappa shape index (κ3) is 3.79. The van der Waals surface area contributed by atoms with Gasteiger partial charge in [-0.05, 0) is 57.9 Å². The van der Waals surface area contributed by atoms with Gasteiger partial charge >= 0.3 is 0 Å². The topological polar surface area (TPSA) is 96.5 Å². The number of nitrogens with zero attached hydrogens (tertiary/aromatic N) is 5. The maximum atomic E-state index is 13.7. The molecule has 9 heteroatoms. The fraction of sp³-hybridized carbons (Fsp3) is 0.462. The van der Waals surface area contributed by atoms with E-state index in [1.165, 1.54) is 0 Å². The molecule has 2 amide bonds. The fourth-order valence-electron chi connectivity index (χ4n) is 5.49. The number of likely N-dealkylation sites (tertiary alicyclic amines) is 1. The number of rotatable bonds is 6. The standard InChI is InChI=1S/C26H32N6O3/c1-5-8-20-23(18(4)29-35-20)25(34)30-14-11-26(16-30)21-10-7-13-31(21)24-19(9-6-12-27-24)32(26)15-22(33)28-17(2)3/h6-7,9-10,12-13,17H,5,8,11,14-16H2,1-4H3,(H,28,33)/t26-/m0/s1. The molecule has 3 aromatic rings. The minimum atomic E-state index is -0.556. The van der Waals surface area contributed by atoms with E-state index in [2.05, 4.69) is 37.9 Å². The van der Waals surface area contributed by atoms with Crippen LogP contribution in [-0.2, 0) is 16.8 Å². The lowest BCUT2D eigenvalue weighted by Crippen LogP contribution is -2.56. The molecular formula is C26H32N6O3. The van der Waals surface area contributed by atoms with Crippen LogP contribution >= 0.6 is 0 Å². The molecule has 0 aliphatic carbocycles. The second-order valence-corrected chi connectivity index (χ2v) is 9.74. The molecule has 3 aromatic heterocycles. The van der Waals surface area contributed by atoms with E-state index in [-0.39, 0.29) is 24.4 Å². The summed E-state index contributed by atoms with van der Waals surface area (Å²) >= 11 is 0. The Kier molecular flexibility index (Phi) is 5.86. The van der Waals surface area contributed by atoms with Crippen LogP contribution in [0.1, 0.15) is 61.1 Å². The van der Waals surface area contributed by atoms with Gasteiger partial charge in [0.1, 0.15) is 16.9 Å². The first-order valence-corrected chi connectivity index (χ1v) is 12.3. The van der Waals surface area contributed by atoms with Crippen molar-refractivity contribution in [3.8, 4) is 5.82 Å². The van der Waals surface area contributed by atoms with E-state index in [9.17, 15) is 9.59 Å². The summed E-state index contributed by atoms with van der Waals surface area (Å²) in [5, 5.41) is 7.09. The van der Waals surface area contributed by atoms with Gasteiger partial charge in [0.15, 0.2) is 5.82 Å². The van der Waals surface area contributed by atoms with Crippen LogP contribution < -0.4 is 10.2 Å². The first-order chi connectivity index (χ1) is 16.9. The summed E-state index contributed by atoms with van der Waals surface area (Å²) in [5.41, 5.74) is 2.55. The maximum Gasteiger partial charge on any atom is 0.259 e. The first-order valence-electron chi connectivity index (χ1n) is 12.3. The largest absolute Gasteiger partial charge is 0.360 e. The molecule has 1 spiro atoms. The van der Waals surface area contributed by atoms with Gasteiger partial charge in [0, 0.05) is 37.9 Å². The summed E-state index contributed by atoms with van der Waals surface area (Å²) in [6.45, 7) is 8.98. The molecule has 0 radical (unpaired) electrons. The third-order valence-electron chi connectivity index (χ3n) is 6.94. The van der Waals surface area contributed by atoms with Crippen molar-refractivity contribution in [1.82, 2.24) is 24.9 Å². The van der Waals surface area contributed by atoms with Crippen LogP contribution in [0.2, 0.25) is 0 Å². The number of anilines is 1. The van der Waals surface area contributed by atoms with Gasteiger partial charge in [-0.15, -0.1) is 0 Å². The zero-order chi connectivity index (χ0) is 24.7. The van der Waals surface area contributed by atoms with Crippen LogP contribution in [0, 0.1) is 6.92 Å². The van der Waals surface area contributed by atoms with Crippen molar-refractivity contribution in [2.45, 2.75) is 58.5 Å². The Morgan fingerprint density at radius 3 is 2.86 bits per heavy atom. The number of carbonyl (C=O) groups excluding carboxylic acids is 2. The summed E-state index contributed by atoms with van der Waals surface area (Å²) < 4.78 is 7.57. The van der Waals surface area contributed by atoms with Crippen molar-refractivity contribution in [3.05, 3.63) is 59.4 Å². The maximum absolute atomic E-state index is 13.7. The molecule has 1 saturated heterocycles. The minimum absolute atomic E-state index is 0.0377. The van der Waals surface area contributed by atoms with E-state index in [0.29, 0.717) is 42.9 Å². The van der Waals surface area contributed by atoms with Gasteiger partial charge in [0.25, 0.3) is 5.91 Å². The molecule has 0 saturated carbocycles. The monoisotopic (exact) mass is 476 g/mol. The van der Waals surface area contributed by atoms with Crippen molar-refractivity contribution in [2.75, 3.05) is 24.5 Å². The summed E-state index contributed by atoms with van der Waals surface area (Å²) in [6, 6.07) is 8.01. The van der Waals surface area contributed by atoms with Gasteiger partial charge < -0.3 is 24.2 Å². The van der Waals surface area contributed by atoms with Gasteiger partial charge in [0.05, 0.1) is 23.6 Å². The molecule has 0 unspecified atom stereocenters. The Morgan fingerprint density at radius 1 is 1.26 bits per heavy atom. The second-order valence-electron chi connectivity index (χ2n) is 9.74. The Morgan fingerprint density at radius 2 is 2.09 bits per heavy atom. The van der Waals surface area contributed by atoms with Gasteiger partial charge in [-0.25, -0.2) is 4.98 Å². The molecule has 1 atom stereocenters. The average Bonchev–Trinajstić information content (AvgIpc) is 3.56. The number of hydrogen-bond donors (Lipinski definition) is 1. The average molecular weight is 477 g/mol. The number of nitrogens with one attached hydrogen (secondary N) is 1. The van der Waals surface area contributed by atoms with Crippen molar-refractivity contribution < 1.29 is 14.1 Å². The Labute approximate surface area is 205 Å². The number of carbonyl (C=O) groups is 2. The van der Waals surface area contributed by atoms with Crippen LogP contribution in [-0.4, -0.2) is 57.1 Å². The Bertz CT molecular complexity index is 1260. The van der Waals surface area contributed by atoms with Crippen LogP contribution in [0.15, 0.2) is 41.2 Å². The van der Waals surface area contributed by atoms with Crippen molar-refractivity contribution >= 4 is 17.5 Å². The van der Waals surface area contributed by atoms with E-state index < -0.39 is 5.54 Å². The van der Waals surface area contributed by atoms with Crippen LogP contribution in [0.5, 0.6) is 0 Å². The smallest absolute Gasteiger partial charge is 0.259 e.